The standard InChI is InChI=1S/C17H15FN2O/c1-12-15(11-13-7-5-6-10-16(13)18)17(21)20(19-12)14-8-3-2-4-9-14/h2-10,19H,11H2,1H3. The van der Waals surface area contributed by atoms with E-state index in [-0.39, 0.29) is 17.8 Å². The number of hydrogen-bond acceptors (Lipinski definition) is 1. The molecule has 0 fully saturated rings. The van der Waals surface area contributed by atoms with E-state index in [1.165, 1.54) is 10.7 Å². The fraction of sp³-hybridized carbons (Fsp3) is 0.118. The molecule has 1 aromatic heterocycles. The summed E-state index contributed by atoms with van der Waals surface area (Å²) in [6, 6.07) is 15.9. The molecule has 0 aliphatic rings. The lowest BCUT2D eigenvalue weighted by Gasteiger charge is -2.01. The minimum absolute atomic E-state index is 0.137. The van der Waals surface area contributed by atoms with Crippen LogP contribution in [0.3, 0.4) is 0 Å². The van der Waals surface area contributed by atoms with Crippen LogP contribution in [0.5, 0.6) is 0 Å². The van der Waals surface area contributed by atoms with Crippen LogP contribution in [-0.2, 0) is 6.42 Å². The van der Waals surface area contributed by atoms with Crippen molar-refractivity contribution >= 4 is 0 Å². The average molecular weight is 282 g/mol. The van der Waals surface area contributed by atoms with Gasteiger partial charge in [0.05, 0.1) is 5.69 Å². The maximum Gasteiger partial charge on any atom is 0.274 e. The molecular formula is C17H15FN2O. The summed E-state index contributed by atoms with van der Waals surface area (Å²) in [5, 5.41) is 3.05. The predicted octanol–water partition coefficient (Wildman–Crippen LogP) is 3.20. The summed E-state index contributed by atoms with van der Waals surface area (Å²) < 4.78 is 15.2. The van der Waals surface area contributed by atoms with Crippen molar-refractivity contribution in [3.8, 4) is 5.69 Å². The lowest BCUT2D eigenvalue weighted by atomic mass is 10.1. The fourth-order valence-corrected chi connectivity index (χ4v) is 2.38. The molecule has 0 aliphatic carbocycles. The molecule has 2 aromatic carbocycles. The first kappa shape index (κ1) is 13.4. The van der Waals surface area contributed by atoms with Crippen molar-refractivity contribution < 1.29 is 4.39 Å². The summed E-state index contributed by atoms with van der Waals surface area (Å²) in [6.45, 7) is 1.83. The first-order valence-corrected chi connectivity index (χ1v) is 6.76. The highest BCUT2D eigenvalue weighted by Crippen LogP contribution is 2.14. The van der Waals surface area contributed by atoms with Gasteiger partial charge in [-0.05, 0) is 30.7 Å². The number of benzene rings is 2. The third-order valence-electron chi connectivity index (χ3n) is 3.53. The molecule has 0 saturated carbocycles. The predicted molar refractivity (Wildman–Crippen MR) is 80.3 cm³/mol. The quantitative estimate of drug-likeness (QED) is 0.787. The molecule has 0 radical (unpaired) electrons. The summed E-state index contributed by atoms with van der Waals surface area (Å²) in [6.07, 6.45) is 0.285. The molecule has 0 aliphatic heterocycles. The third kappa shape index (κ3) is 2.52. The molecule has 106 valence electrons. The highest BCUT2D eigenvalue weighted by molar-refractivity contribution is 5.34. The van der Waals surface area contributed by atoms with Crippen molar-refractivity contribution in [1.29, 1.82) is 0 Å². The van der Waals surface area contributed by atoms with Crippen LogP contribution in [0.1, 0.15) is 16.8 Å². The Balaban J connectivity index is 2.04. The average Bonchev–Trinajstić information content (AvgIpc) is 2.78. The van der Waals surface area contributed by atoms with E-state index in [4.69, 9.17) is 0 Å². The summed E-state index contributed by atoms with van der Waals surface area (Å²) in [5.41, 5.74) is 2.50. The molecular weight excluding hydrogens is 267 g/mol. The second-order valence-electron chi connectivity index (χ2n) is 4.96. The Morgan fingerprint density at radius 3 is 2.43 bits per heavy atom. The van der Waals surface area contributed by atoms with Crippen molar-refractivity contribution in [2.75, 3.05) is 0 Å². The van der Waals surface area contributed by atoms with Crippen molar-refractivity contribution in [3.63, 3.8) is 0 Å². The zero-order valence-corrected chi connectivity index (χ0v) is 11.6. The van der Waals surface area contributed by atoms with Crippen molar-refractivity contribution in [2.24, 2.45) is 0 Å². The molecule has 0 atom stereocenters. The fourth-order valence-electron chi connectivity index (χ4n) is 2.38. The molecule has 3 nitrogen and oxygen atoms in total. The van der Waals surface area contributed by atoms with Crippen molar-refractivity contribution in [2.45, 2.75) is 13.3 Å². The number of nitrogens with one attached hydrogen (secondary N) is 1. The van der Waals surface area contributed by atoms with Crippen LogP contribution in [0.25, 0.3) is 5.69 Å². The van der Waals surface area contributed by atoms with E-state index >= 15 is 0 Å². The van der Waals surface area contributed by atoms with E-state index in [2.05, 4.69) is 5.10 Å². The topological polar surface area (TPSA) is 37.8 Å². The Bertz CT molecular complexity index is 818. The molecule has 4 heteroatoms. The summed E-state index contributed by atoms with van der Waals surface area (Å²) in [7, 11) is 0. The largest absolute Gasteiger partial charge is 0.295 e. The van der Waals surface area contributed by atoms with Crippen LogP contribution in [-0.4, -0.2) is 9.78 Å². The Morgan fingerprint density at radius 2 is 1.71 bits per heavy atom. The zero-order chi connectivity index (χ0) is 14.8. The van der Waals surface area contributed by atoms with Crippen LogP contribution in [0.15, 0.2) is 59.4 Å². The maximum absolute atomic E-state index is 13.7. The highest BCUT2D eigenvalue weighted by atomic mass is 19.1. The number of para-hydroxylation sites is 1. The van der Waals surface area contributed by atoms with Crippen LogP contribution >= 0.6 is 0 Å². The number of H-pyrrole nitrogens is 1. The maximum atomic E-state index is 13.7. The summed E-state index contributed by atoms with van der Waals surface area (Å²) in [5.74, 6) is -0.288. The molecule has 1 N–H and O–H groups in total. The van der Waals surface area contributed by atoms with Gasteiger partial charge in [-0.15, -0.1) is 0 Å². The number of halogens is 1. The minimum atomic E-state index is -0.288. The minimum Gasteiger partial charge on any atom is -0.295 e. The lowest BCUT2D eigenvalue weighted by molar-refractivity contribution is 0.613. The Hall–Kier alpha value is -2.62. The molecule has 3 rings (SSSR count). The third-order valence-corrected chi connectivity index (χ3v) is 3.53. The van der Waals surface area contributed by atoms with E-state index in [1.54, 1.807) is 18.2 Å². The van der Waals surface area contributed by atoms with Gasteiger partial charge in [-0.2, -0.15) is 0 Å². The molecule has 3 aromatic rings. The Kier molecular flexibility index (Phi) is 3.44. The van der Waals surface area contributed by atoms with Crippen molar-refractivity contribution in [1.82, 2.24) is 9.78 Å². The monoisotopic (exact) mass is 282 g/mol. The van der Waals surface area contributed by atoms with E-state index in [1.807, 2.05) is 37.3 Å². The van der Waals surface area contributed by atoms with E-state index < -0.39 is 0 Å². The number of nitrogens with zero attached hydrogens (tertiary/aromatic N) is 1. The van der Waals surface area contributed by atoms with E-state index in [9.17, 15) is 9.18 Å². The second-order valence-corrected chi connectivity index (χ2v) is 4.96. The van der Waals surface area contributed by atoms with Crippen LogP contribution < -0.4 is 5.56 Å². The van der Waals surface area contributed by atoms with Gasteiger partial charge in [-0.25, -0.2) is 9.07 Å². The number of aromatic nitrogens is 2. The number of aryl methyl sites for hydroxylation is 1. The smallest absolute Gasteiger partial charge is 0.274 e. The molecule has 0 spiro atoms. The first-order valence-electron chi connectivity index (χ1n) is 6.76. The second kappa shape index (κ2) is 5.40. The van der Waals surface area contributed by atoms with Gasteiger partial charge in [0.2, 0.25) is 0 Å². The SMILES string of the molecule is Cc1[nH]n(-c2ccccc2)c(=O)c1Cc1ccccc1F. The van der Waals surface area contributed by atoms with Crippen LogP contribution in [0.2, 0.25) is 0 Å². The van der Waals surface area contributed by atoms with Crippen molar-refractivity contribution in [3.05, 3.63) is 87.6 Å². The van der Waals surface area contributed by atoms with Gasteiger partial charge in [0.1, 0.15) is 5.82 Å². The number of hydrogen-bond donors (Lipinski definition) is 1. The zero-order valence-electron chi connectivity index (χ0n) is 11.6. The molecule has 0 amide bonds. The first-order chi connectivity index (χ1) is 10.2. The van der Waals surface area contributed by atoms with Crippen LogP contribution in [0, 0.1) is 12.7 Å². The Morgan fingerprint density at radius 1 is 1.05 bits per heavy atom. The summed E-state index contributed by atoms with van der Waals surface area (Å²) >= 11 is 0. The Labute approximate surface area is 121 Å². The molecule has 1 heterocycles. The van der Waals surface area contributed by atoms with Gasteiger partial charge in [0.25, 0.3) is 5.56 Å². The molecule has 21 heavy (non-hydrogen) atoms. The normalized spacial score (nSPS) is 10.8. The van der Waals surface area contributed by atoms with Gasteiger partial charge in [0.15, 0.2) is 0 Å². The van der Waals surface area contributed by atoms with Gasteiger partial charge in [-0.1, -0.05) is 36.4 Å². The molecule has 0 bridgehead atoms. The van der Waals surface area contributed by atoms with Crippen LogP contribution in [0.4, 0.5) is 4.39 Å². The van der Waals surface area contributed by atoms with Gasteiger partial charge >= 0.3 is 0 Å². The van der Waals surface area contributed by atoms with E-state index in [0.29, 0.717) is 11.1 Å². The molecule has 0 saturated heterocycles. The number of aromatic amines is 1. The highest BCUT2D eigenvalue weighted by Gasteiger charge is 2.14. The lowest BCUT2D eigenvalue weighted by Crippen LogP contribution is -2.17. The number of rotatable bonds is 3. The van der Waals surface area contributed by atoms with Gasteiger partial charge in [-0.3, -0.25) is 9.89 Å². The summed E-state index contributed by atoms with van der Waals surface area (Å²) in [4.78, 5) is 12.5. The van der Waals surface area contributed by atoms with Gasteiger partial charge in [0, 0.05) is 17.7 Å². The van der Waals surface area contributed by atoms with E-state index in [0.717, 1.165) is 11.4 Å². The van der Waals surface area contributed by atoms with Gasteiger partial charge < -0.3 is 0 Å². The molecule has 0 unspecified atom stereocenters.